The Morgan fingerprint density at radius 3 is 2.95 bits per heavy atom. The van der Waals surface area contributed by atoms with Gasteiger partial charge < -0.3 is 10.0 Å². The summed E-state index contributed by atoms with van der Waals surface area (Å²) in [6.45, 7) is 4.41. The predicted octanol–water partition coefficient (Wildman–Crippen LogP) is 1.87. The van der Waals surface area contributed by atoms with Crippen molar-refractivity contribution in [1.29, 1.82) is 0 Å². The fourth-order valence-electron chi connectivity index (χ4n) is 2.83. The number of aromatic nitrogens is 2. The van der Waals surface area contributed by atoms with Crippen LogP contribution in [0, 0.1) is 0 Å². The molecule has 0 saturated heterocycles. The third-order valence-corrected chi connectivity index (χ3v) is 3.69. The molecule has 0 saturated carbocycles. The number of fused-ring (bicyclic) bond motifs is 1. The fourth-order valence-corrected chi connectivity index (χ4v) is 2.83. The van der Waals surface area contributed by atoms with Gasteiger partial charge in [-0.05, 0) is 17.7 Å². The second-order valence-electron chi connectivity index (χ2n) is 5.25. The number of benzene rings is 1. The molecule has 100 valence electrons. The van der Waals surface area contributed by atoms with E-state index < -0.39 is 6.10 Å². The normalized spacial score (nSPS) is 19.5. The molecule has 1 aliphatic rings. The smallest absolute Gasteiger partial charge is 0.0910 e. The van der Waals surface area contributed by atoms with Gasteiger partial charge in [0.05, 0.1) is 12.6 Å². The van der Waals surface area contributed by atoms with E-state index in [0.717, 1.165) is 6.54 Å². The lowest BCUT2D eigenvalue weighted by Crippen LogP contribution is -2.34. The third kappa shape index (κ3) is 2.49. The maximum absolute atomic E-state index is 10.2. The summed E-state index contributed by atoms with van der Waals surface area (Å²) < 4.78 is 1.77. The van der Waals surface area contributed by atoms with Crippen LogP contribution in [0.3, 0.4) is 0 Å². The van der Waals surface area contributed by atoms with Crippen LogP contribution >= 0.6 is 0 Å². The van der Waals surface area contributed by atoms with E-state index in [0.29, 0.717) is 19.0 Å². The van der Waals surface area contributed by atoms with Crippen LogP contribution in [0.2, 0.25) is 0 Å². The molecule has 2 unspecified atom stereocenters. The van der Waals surface area contributed by atoms with Gasteiger partial charge in [0.1, 0.15) is 0 Å². The van der Waals surface area contributed by atoms with Crippen molar-refractivity contribution in [2.45, 2.75) is 25.5 Å². The van der Waals surface area contributed by atoms with Gasteiger partial charge in [0.15, 0.2) is 0 Å². The molecule has 19 heavy (non-hydrogen) atoms. The number of β-amino-alcohol motifs (C(OH)–C–C–N with tert-alkyl or cyclic N) is 1. The number of anilines is 1. The topological polar surface area (TPSA) is 41.3 Å². The molecule has 1 N–H and O–H groups in total. The van der Waals surface area contributed by atoms with Gasteiger partial charge in [-0.3, -0.25) is 4.68 Å². The molecular formula is C15H19N3O. The molecule has 1 aromatic heterocycles. The number of hydrogen-bond acceptors (Lipinski definition) is 3. The Morgan fingerprint density at radius 2 is 2.16 bits per heavy atom. The van der Waals surface area contributed by atoms with E-state index in [9.17, 15) is 5.11 Å². The van der Waals surface area contributed by atoms with Crippen LogP contribution in [0.4, 0.5) is 5.69 Å². The highest BCUT2D eigenvalue weighted by molar-refractivity contribution is 5.59. The Morgan fingerprint density at radius 1 is 1.32 bits per heavy atom. The summed E-state index contributed by atoms with van der Waals surface area (Å²) in [6.07, 6.45) is 3.21. The van der Waals surface area contributed by atoms with E-state index in [4.69, 9.17) is 0 Å². The zero-order valence-corrected chi connectivity index (χ0v) is 11.1. The first-order valence-corrected chi connectivity index (χ1v) is 6.73. The van der Waals surface area contributed by atoms with Gasteiger partial charge in [-0.1, -0.05) is 25.1 Å². The summed E-state index contributed by atoms with van der Waals surface area (Å²) >= 11 is 0. The summed E-state index contributed by atoms with van der Waals surface area (Å²) in [5, 5.41) is 14.3. The second kappa shape index (κ2) is 5.05. The molecule has 3 rings (SSSR count). The lowest BCUT2D eigenvalue weighted by molar-refractivity contribution is 0.155. The average Bonchev–Trinajstić information content (AvgIpc) is 3.00. The van der Waals surface area contributed by atoms with Crippen molar-refractivity contribution in [3.05, 3.63) is 48.3 Å². The molecule has 1 aliphatic heterocycles. The summed E-state index contributed by atoms with van der Waals surface area (Å²) in [4.78, 5) is 2.27. The van der Waals surface area contributed by atoms with Crippen LogP contribution < -0.4 is 4.90 Å². The van der Waals surface area contributed by atoms with Gasteiger partial charge in [-0.15, -0.1) is 0 Å². The van der Waals surface area contributed by atoms with E-state index in [1.54, 1.807) is 10.9 Å². The Kier molecular flexibility index (Phi) is 3.25. The average molecular weight is 257 g/mol. The van der Waals surface area contributed by atoms with Crippen LogP contribution in [0.5, 0.6) is 0 Å². The molecule has 2 atom stereocenters. The monoisotopic (exact) mass is 257 g/mol. The van der Waals surface area contributed by atoms with Gasteiger partial charge in [0.25, 0.3) is 0 Å². The van der Waals surface area contributed by atoms with Crippen LogP contribution in [0.1, 0.15) is 18.4 Å². The van der Waals surface area contributed by atoms with Gasteiger partial charge in [-0.25, -0.2) is 0 Å². The van der Waals surface area contributed by atoms with Crippen LogP contribution in [0.15, 0.2) is 42.7 Å². The molecule has 0 aliphatic carbocycles. The van der Waals surface area contributed by atoms with Crippen molar-refractivity contribution in [2.75, 3.05) is 18.0 Å². The SMILES string of the molecule is CC1CN(CC(O)Cn2cccn2)c2ccccc21. The van der Waals surface area contributed by atoms with E-state index in [-0.39, 0.29) is 0 Å². The summed E-state index contributed by atoms with van der Waals surface area (Å²) in [5.41, 5.74) is 2.64. The molecule has 4 heteroatoms. The van der Waals surface area contributed by atoms with Crippen molar-refractivity contribution in [2.24, 2.45) is 0 Å². The number of para-hydroxylation sites is 1. The zero-order chi connectivity index (χ0) is 13.2. The number of hydrogen-bond donors (Lipinski definition) is 1. The Balaban J connectivity index is 1.68. The molecule has 1 aromatic carbocycles. The minimum absolute atomic E-state index is 0.404. The Bertz CT molecular complexity index is 538. The molecule has 4 nitrogen and oxygen atoms in total. The van der Waals surface area contributed by atoms with Crippen LogP contribution in [-0.2, 0) is 6.54 Å². The molecule has 0 fully saturated rings. The van der Waals surface area contributed by atoms with Crippen molar-refractivity contribution in [3.63, 3.8) is 0 Å². The highest BCUT2D eigenvalue weighted by Crippen LogP contribution is 2.35. The standard InChI is InChI=1S/C15H19N3O/c1-12-9-17(15-6-3-2-5-14(12)15)10-13(19)11-18-8-4-7-16-18/h2-8,12-13,19H,9-11H2,1H3. The fraction of sp³-hybridized carbons (Fsp3) is 0.400. The highest BCUT2D eigenvalue weighted by atomic mass is 16.3. The summed E-state index contributed by atoms with van der Waals surface area (Å²) in [6, 6.07) is 10.3. The summed E-state index contributed by atoms with van der Waals surface area (Å²) in [5.74, 6) is 0.535. The van der Waals surface area contributed by atoms with Crippen LogP contribution in [-0.4, -0.2) is 34.1 Å². The Labute approximate surface area is 113 Å². The first kappa shape index (κ1) is 12.2. The second-order valence-corrected chi connectivity index (χ2v) is 5.25. The summed E-state index contributed by atoms with van der Waals surface area (Å²) in [7, 11) is 0. The molecular weight excluding hydrogens is 238 g/mol. The maximum Gasteiger partial charge on any atom is 0.0910 e. The van der Waals surface area contributed by atoms with Crippen molar-refractivity contribution >= 4 is 5.69 Å². The highest BCUT2D eigenvalue weighted by Gasteiger charge is 2.26. The maximum atomic E-state index is 10.2. The number of aliphatic hydroxyl groups is 1. The van der Waals surface area contributed by atoms with E-state index in [1.165, 1.54) is 11.3 Å². The molecule has 2 aromatic rings. The van der Waals surface area contributed by atoms with Crippen molar-refractivity contribution in [1.82, 2.24) is 9.78 Å². The van der Waals surface area contributed by atoms with Gasteiger partial charge in [-0.2, -0.15) is 5.10 Å². The van der Waals surface area contributed by atoms with Crippen LogP contribution in [0.25, 0.3) is 0 Å². The quantitative estimate of drug-likeness (QED) is 0.909. The van der Waals surface area contributed by atoms with E-state index in [1.807, 2.05) is 12.3 Å². The zero-order valence-electron chi connectivity index (χ0n) is 11.1. The number of aliphatic hydroxyl groups excluding tert-OH is 1. The first-order chi connectivity index (χ1) is 9.24. The van der Waals surface area contributed by atoms with Gasteiger partial charge in [0.2, 0.25) is 0 Å². The molecule has 0 amide bonds. The van der Waals surface area contributed by atoms with E-state index in [2.05, 4.69) is 41.2 Å². The Hall–Kier alpha value is -1.81. The third-order valence-electron chi connectivity index (χ3n) is 3.69. The number of rotatable bonds is 4. The minimum Gasteiger partial charge on any atom is -0.389 e. The van der Waals surface area contributed by atoms with E-state index >= 15 is 0 Å². The molecule has 0 radical (unpaired) electrons. The predicted molar refractivity (Wildman–Crippen MR) is 75.3 cm³/mol. The lowest BCUT2D eigenvalue weighted by atomic mass is 10.0. The molecule has 2 heterocycles. The molecule has 0 spiro atoms. The van der Waals surface area contributed by atoms with Crippen molar-refractivity contribution < 1.29 is 5.11 Å². The minimum atomic E-state index is -0.404. The number of nitrogens with zero attached hydrogens (tertiary/aromatic N) is 3. The largest absolute Gasteiger partial charge is 0.389 e. The van der Waals surface area contributed by atoms with Crippen molar-refractivity contribution in [3.8, 4) is 0 Å². The first-order valence-electron chi connectivity index (χ1n) is 6.73. The van der Waals surface area contributed by atoms with Gasteiger partial charge >= 0.3 is 0 Å². The van der Waals surface area contributed by atoms with Gasteiger partial charge in [0, 0.05) is 37.1 Å². The molecule has 0 bridgehead atoms. The lowest BCUT2D eigenvalue weighted by Gasteiger charge is -2.23.